The molecule has 0 fully saturated rings. The second-order valence-corrected chi connectivity index (χ2v) is 3.96. The van der Waals surface area contributed by atoms with Crippen LogP contribution in [0, 0.1) is 0 Å². The molecule has 2 aromatic rings. The third kappa shape index (κ3) is 2.69. The highest BCUT2D eigenvalue weighted by atomic mass is 16.5. The number of ketones is 1. The molecule has 1 N–H and O–H groups in total. The van der Waals surface area contributed by atoms with Crippen LogP contribution < -0.4 is 4.74 Å². The molecule has 92 valence electrons. The predicted molar refractivity (Wildman–Crippen MR) is 69.1 cm³/mol. The summed E-state index contributed by atoms with van der Waals surface area (Å²) in [6, 6.07) is 13.9. The van der Waals surface area contributed by atoms with Crippen molar-refractivity contribution in [1.29, 1.82) is 0 Å². The normalized spacial score (nSPS) is 10.1. The van der Waals surface area contributed by atoms with Gasteiger partial charge in [-0.25, -0.2) is 0 Å². The summed E-state index contributed by atoms with van der Waals surface area (Å²) in [5.74, 6) is 0.682. The molecule has 0 aliphatic carbocycles. The number of carbonyl (C=O) groups excluding carboxylic acids is 1. The molecule has 0 atom stereocenters. The van der Waals surface area contributed by atoms with E-state index >= 15 is 0 Å². The summed E-state index contributed by atoms with van der Waals surface area (Å²) >= 11 is 0. The number of hydrogen-bond acceptors (Lipinski definition) is 3. The zero-order chi connectivity index (χ0) is 13.0. The molecule has 0 saturated heterocycles. The summed E-state index contributed by atoms with van der Waals surface area (Å²) in [5, 5.41) is 9.35. The van der Waals surface area contributed by atoms with E-state index in [4.69, 9.17) is 4.74 Å². The van der Waals surface area contributed by atoms with Gasteiger partial charge in [0.25, 0.3) is 0 Å². The first-order valence-electron chi connectivity index (χ1n) is 5.65. The number of phenolic OH excluding ortho intramolecular Hbond substituents is 1. The first-order valence-corrected chi connectivity index (χ1v) is 5.65. The van der Waals surface area contributed by atoms with E-state index in [1.165, 1.54) is 13.2 Å². The molecule has 0 amide bonds. The van der Waals surface area contributed by atoms with Gasteiger partial charge in [0, 0.05) is 23.6 Å². The summed E-state index contributed by atoms with van der Waals surface area (Å²) < 4.78 is 5.15. The summed E-state index contributed by atoms with van der Waals surface area (Å²) in [6.45, 7) is 0. The van der Waals surface area contributed by atoms with Crippen LogP contribution in [0.25, 0.3) is 0 Å². The van der Waals surface area contributed by atoms with Crippen LogP contribution in [0.3, 0.4) is 0 Å². The molecule has 2 aromatic carbocycles. The van der Waals surface area contributed by atoms with Gasteiger partial charge in [-0.15, -0.1) is 0 Å². The van der Waals surface area contributed by atoms with Gasteiger partial charge in [-0.2, -0.15) is 0 Å². The van der Waals surface area contributed by atoms with Crippen LogP contribution in [-0.2, 0) is 6.42 Å². The fourth-order valence-corrected chi connectivity index (χ4v) is 1.78. The maximum absolute atomic E-state index is 12.0. The number of phenols is 1. The average Bonchev–Trinajstić information content (AvgIpc) is 2.41. The lowest BCUT2D eigenvalue weighted by atomic mass is 10.0. The van der Waals surface area contributed by atoms with E-state index in [0.717, 1.165) is 5.56 Å². The van der Waals surface area contributed by atoms with Gasteiger partial charge in [0.1, 0.15) is 11.5 Å². The van der Waals surface area contributed by atoms with Crippen molar-refractivity contribution in [3.63, 3.8) is 0 Å². The lowest BCUT2D eigenvalue weighted by Gasteiger charge is -2.08. The van der Waals surface area contributed by atoms with Crippen molar-refractivity contribution < 1.29 is 14.6 Å². The summed E-state index contributed by atoms with van der Waals surface area (Å²) in [6.07, 6.45) is 0.257. The van der Waals surface area contributed by atoms with Gasteiger partial charge in [0.2, 0.25) is 0 Å². The molecule has 0 bridgehead atoms. The van der Waals surface area contributed by atoms with Gasteiger partial charge in [0.05, 0.1) is 7.11 Å². The minimum Gasteiger partial charge on any atom is -0.508 e. The number of Topliss-reactive ketones (excluding diaryl/α,β-unsaturated/α-hetero) is 1. The first-order chi connectivity index (χ1) is 8.70. The molecular formula is C15H14O3. The third-order valence-electron chi connectivity index (χ3n) is 2.72. The highest BCUT2D eigenvalue weighted by Crippen LogP contribution is 2.25. The molecular weight excluding hydrogens is 228 g/mol. The van der Waals surface area contributed by atoms with Crippen molar-refractivity contribution >= 4 is 5.78 Å². The number of ether oxygens (including phenoxy) is 1. The third-order valence-corrected chi connectivity index (χ3v) is 2.72. The van der Waals surface area contributed by atoms with Crippen molar-refractivity contribution in [3.8, 4) is 11.5 Å². The van der Waals surface area contributed by atoms with Gasteiger partial charge < -0.3 is 9.84 Å². The standard InChI is InChI=1S/C15H14O3/c1-18-15-10-13(16)8-7-12(15)9-14(17)11-5-3-2-4-6-11/h2-8,10,16H,9H2,1H3. The van der Waals surface area contributed by atoms with E-state index in [2.05, 4.69) is 0 Å². The Morgan fingerprint density at radius 2 is 1.89 bits per heavy atom. The van der Waals surface area contributed by atoms with Crippen LogP contribution in [0.15, 0.2) is 48.5 Å². The van der Waals surface area contributed by atoms with Crippen molar-refractivity contribution in [2.24, 2.45) is 0 Å². The largest absolute Gasteiger partial charge is 0.508 e. The summed E-state index contributed by atoms with van der Waals surface area (Å²) in [5.41, 5.74) is 1.44. The molecule has 0 spiro atoms. The van der Waals surface area contributed by atoms with Crippen molar-refractivity contribution in [2.75, 3.05) is 7.11 Å². The van der Waals surface area contributed by atoms with Gasteiger partial charge in [0.15, 0.2) is 5.78 Å². The van der Waals surface area contributed by atoms with Gasteiger partial charge in [-0.1, -0.05) is 36.4 Å². The highest BCUT2D eigenvalue weighted by molar-refractivity contribution is 5.97. The SMILES string of the molecule is COc1cc(O)ccc1CC(=O)c1ccccc1. The molecule has 0 saturated carbocycles. The molecule has 0 aliphatic heterocycles. The predicted octanol–water partition coefficient (Wildman–Crippen LogP) is 2.83. The number of methoxy groups -OCH3 is 1. The number of hydrogen-bond donors (Lipinski definition) is 1. The fourth-order valence-electron chi connectivity index (χ4n) is 1.78. The van der Waals surface area contributed by atoms with Crippen molar-refractivity contribution in [3.05, 3.63) is 59.7 Å². The van der Waals surface area contributed by atoms with Crippen LogP contribution in [0.5, 0.6) is 11.5 Å². The van der Waals surface area contributed by atoms with E-state index in [1.807, 2.05) is 18.2 Å². The molecule has 0 heterocycles. The molecule has 0 aromatic heterocycles. The summed E-state index contributed by atoms with van der Waals surface area (Å²) in [7, 11) is 1.52. The molecule has 0 aliphatic rings. The summed E-state index contributed by atoms with van der Waals surface area (Å²) in [4.78, 5) is 12.0. The Labute approximate surface area is 106 Å². The topological polar surface area (TPSA) is 46.5 Å². The zero-order valence-electron chi connectivity index (χ0n) is 10.1. The maximum atomic E-state index is 12.0. The lowest BCUT2D eigenvalue weighted by molar-refractivity contribution is 0.0992. The molecule has 0 unspecified atom stereocenters. The fraction of sp³-hybridized carbons (Fsp3) is 0.133. The quantitative estimate of drug-likeness (QED) is 0.838. The number of aromatic hydroxyl groups is 1. The number of carbonyl (C=O) groups is 1. The van der Waals surface area contributed by atoms with Gasteiger partial charge >= 0.3 is 0 Å². The highest BCUT2D eigenvalue weighted by Gasteiger charge is 2.11. The Hall–Kier alpha value is -2.29. The molecule has 0 radical (unpaired) electrons. The molecule has 3 nitrogen and oxygen atoms in total. The van der Waals surface area contributed by atoms with E-state index < -0.39 is 0 Å². The second-order valence-electron chi connectivity index (χ2n) is 3.96. The van der Waals surface area contributed by atoms with E-state index in [-0.39, 0.29) is 18.0 Å². The number of benzene rings is 2. The molecule has 18 heavy (non-hydrogen) atoms. The van der Waals surface area contributed by atoms with Crippen LogP contribution in [0.2, 0.25) is 0 Å². The Morgan fingerprint density at radius 1 is 1.17 bits per heavy atom. The van der Waals surface area contributed by atoms with E-state index in [9.17, 15) is 9.90 Å². The minimum atomic E-state index is 0.0274. The Balaban J connectivity index is 2.22. The Bertz CT molecular complexity index is 547. The van der Waals surface area contributed by atoms with Crippen LogP contribution in [0.4, 0.5) is 0 Å². The average molecular weight is 242 g/mol. The van der Waals surface area contributed by atoms with Crippen molar-refractivity contribution in [2.45, 2.75) is 6.42 Å². The monoisotopic (exact) mass is 242 g/mol. The number of rotatable bonds is 4. The minimum absolute atomic E-state index is 0.0274. The van der Waals surface area contributed by atoms with Gasteiger partial charge in [-0.3, -0.25) is 4.79 Å². The molecule has 2 rings (SSSR count). The molecule has 3 heteroatoms. The van der Waals surface area contributed by atoms with Crippen molar-refractivity contribution in [1.82, 2.24) is 0 Å². The zero-order valence-corrected chi connectivity index (χ0v) is 10.1. The van der Waals surface area contributed by atoms with E-state index in [1.54, 1.807) is 24.3 Å². The smallest absolute Gasteiger partial charge is 0.167 e. The first kappa shape index (κ1) is 12.2. The lowest BCUT2D eigenvalue weighted by Crippen LogP contribution is -2.04. The maximum Gasteiger partial charge on any atom is 0.167 e. The van der Waals surface area contributed by atoms with Crippen LogP contribution >= 0.6 is 0 Å². The second kappa shape index (κ2) is 5.36. The van der Waals surface area contributed by atoms with E-state index in [0.29, 0.717) is 11.3 Å². The van der Waals surface area contributed by atoms with Crippen LogP contribution in [0.1, 0.15) is 15.9 Å². The Morgan fingerprint density at radius 3 is 2.56 bits per heavy atom. The van der Waals surface area contributed by atoms with Gasteiger partial charge in [-0.05, 0) is 6.07 Å². The van der Waals surface area contributed by atoms with Crippen LogP contribution in [-0.4, -0.2) is 18.0 Å². The Kier molecular flexibility index (Phi) is 3.63.